The van der Waals surface area contributed by atoms with Gasteiger partial charge in [-0.25, -0.2) is 9.45 Å². The average molecular weight is 634 g/mol. The molecule has 0 aliphatic carbocycles. The number of aryl methyl sites for hydroxylation is 1. The van der Waals surface area contributed by atoms with Crippen molar-refractivity contribution in [1.82, 2.24) is 24.8 Å². The fourth-order valence-corrected chi connectivity index (χ4v) is 5.66. The molecule has 1 unspecified atom stereocenters. The molecule has 42 heavy (non-hydrogen) atoms. The highest BCUT2D eigenvalue weighted by atomic mass is 35.5. The molecule has 2 aliphatic heterocycles. The van der Waals surface area contributed by atoms with E-state index < -0.39 is 45.8 Å². The van der Waals surface area contributed by atoms with Gasteiger partial charge >= 0.3 is 12.2 Å². The molecule has 2 aliphatic rings. The van der Waals surface area contributed by atoms with E-state index in [1.165, 1.54) is 21.3 Å². The number of hydrogen-bond donors (Lipinski definition) is 1. The smallest absolute Gasteiger partial charge is 0.418 e. The highest BCUT2D eigenvalue weighted by Gasteiger charge is 2.42. The number of fused-ring (bicyclic) bond motifs is 2. The monoisotopic (exact) mass is 633 g/mol. The molecule has 2 N–H and O–H groups in total. The minimum absolute atomic E-state index is 0.0228. The average Bonchev–Trinajstić information content (AvgIpc) is 3.11. The number of halogens is 6. The third-order valence-electron chi connectivity index (χ3n) is 7.12. The summed E-state index contributed by atoms with van der Waals surface area (Å²) in [6.45, 7) is 0.876. The number of methoxy groups -OCH3 is 1. The number of hydroxylamine groups is 2. The number of amides is 1. The van der Waals surface area contributed by atoms with Crippen LogP contribution in [0.4, 0.5) is 29.1 Å². The van der Waals surface area contributed by atoms with Crippen LogP contribution in [0, 0.1) is 5.82 Å². The van der Waals surface area contributed by atoms with Crippen molar-refractivity contribution in [3.05, 3.63) is 55.7 Å². The molecule has 5 rings (SSSR count). The van der Waals surface area contributed by atoms with E-state index in [9.17, 15) is 18.0 Å². The van der Waals surface area contributed by atoms with Crippen molar-refractivity contribution in [2.45, 2.75) is 44.8 Å². The largest absolute Gasteiger partial charge is 0.467 e. The molecule has 1 atom stereocenters. The van der Waals surface area contributed by atoms with Crippen LogP contribution in [0.1, 0.15) is 51.1 Å². The summed E-state index contributed by atoms with van der Waals surface area (Å²) in [5.41, 5.74) is 4.31. The molecule has 0 saturated heterocycles. The first-order valence-electron chi connectivity index (χ1n) is 12.6. The van der Waals surface area contributed by atoms with E-state index in [4.69, 9.17) is 43.2 Å². The van der Waals surface area contributed by atoms with Gasteiger partial charge in [0, 0.05) is 37.7 Å². The molecule has 4 heterocycles. The Labute approximate surface area is 247 Å². The number of nitrogens with zero attached hydrogens (tertiary/aromatic N) is 6. The predicted molar refractivity (Wildman–Crippen MR) is 143 cm³/mol. The van der Waals surface area contributed by atoms with Crippen LogP contribution in [-0.4, -0.2) is 58.5 Å². The van der Waals surface area contributed by atoms with Crippen molar-refractivity contribution >= 4 is 40.6 Å². The molecule has 1 aromatic carbocycles. The number of benzene rings is 1. The first kappa shape index (κ1) is 30.1. The summed E-state index contributed by atoms with van der Waals surface area (Å²) in [4.78, 5) is 28.4. The van der Waals surface area contributed by atoms with Gasteiger partial charge in [-0.05, 0) is 12.5 Å². The van der Waals surface area contributed by atoms with Crippen molar-refractivity contribution in [1.29, 1.82) is 0 Å². The van der Waals surface area contributed by atoms with Gasteiger partial charge in [-0.2, -0.15) is 28.2 Å². The summed E-state index contributed by atoms with van der Waals surface area (Å²) < 4.78 is 69.7. The van der Waals surface area contributed by atoms with Gasteiger partial charge in [0.2, 0.25) is 0 Å². The summed E-state index contributed by atoms with van der Waals surface area (Å²) in [5, 5.41) is 4.80. The maximum absolute atomic E-state index is 15.1. The number of nitrogen functional groups attached to an aromatic ring is 1. The standard InChI is InChI=1S/C25H25Cl2F4N7O4/c1-36(41-3)23(39)21-19(27)15-9-37(5-4-6-38(15)35-21)22-11-10-42-16(8-14(11)33-24(34-22)40-2)17-18(25(29,30)31)12(26)7-13(32)20(17)28/h7,16H,4-6,8-10,32H2,1-3H3. The predicted octanol–water partition coefficient (Wildman–Crippen LogP) is 4.59. The number of hydrogen-bond acceptors (Lipinski definition) is 9. The van der Waals surface area contributed by atoms with Crippen LogP contribution in [0.15, 0.2) is 6.07 Å². The lowest BCUT2D eigenvalue weighted by molar-refractivity contribution is -0.140. The fourth-order valence-electron chi connectivity index (χ4n) is 5.06. The Hall–Kier alpha value is -3.40. The van der Waals surface area contributed by atoms with Gasteiger partial charge < -0.3 is 20.1 Å². The van der Waals surface area contributed by atoms with E-state index in [0.717, 1.165) is 11.1 Å². The van der Waals surface area contributed by atoms with Crippen molar-refractivity contribution in [3.63, 3.8) is 0 Å². The lowest BCUT2D eigenvalue weighted by Crippen LogP contribution is -2.29. The zero-order valence-corrected chi connectivity index (χ0v) is 24.1. The van der Waals surface area contributed by atoms with E-state index in [1.54, 1.807) is 4.68 Å². The quantitative estimate of drug-likeness (QED) is 0.244. The molecule has 0 fully saturated rings. The number of carbonyl (C=O) groups excluding carboxylic acids is 1. The minimum Gasteiger partial charge on any atom is -0.467 e. The van der Waals surface area contributed by atoms with Crippen molar-refractivity contribution < 1.29 is 36.7 Å². The topological polar surface area (TPSA) is 121 Å². The van der Waals surface area contributed by atoms with E-state index in [-0.39, 0.29) is 36.3 Å². The summed E-state index contributed by atoms with van der Waals surface area (Å²) in [6.07, 6.45) is -6.01. The number of anilines is 2. The first-order chi connectivity index (χ1) is 19.8. The molecule has 11 nitrogen and oxygen atoms in total. The van der Waals surface area contributed by atoms with E-state index in [0.29, 0.717) is 42.3 Å². The van der Waals surface area contributed by atoms with E-state index in [2.05, 4.69) is 15.1 Å². The normalized spacial score (nSPS) is 17.0. The van der Waals surface area contributed by atoms with Crippen LogP contribution in [-0.2, 0) is 41.9 Å². The number of rotatable bonds is 5. The molecular weight excluding hydrogens is 609 g/mol. The molecule has 0 spiro atoms. The van der Waals surface area contributed by atoms with Gasteiger partial charge in [-0.15, -0.1) is 0 Å². The van der Waals surface area contributed by atoms with Crippen LogP contribution >= 0.6 is 23.2 Å². The van der Waals surface area contributed by atoms with E-state index in [1.807, 2.05) is 4.90 Å². The van der Waals surface area contributed by atoms with Crippen LogP contribution < -0.4 is 15.4 Å². The summed E-state index contributed by atoms with van der Waals surface area (Å²) in [5.74, 6) is -1.39. The van der Waals surface area contributed by atoms with Crippen molar-refractivity contribution in [3.8, 4) is 6.01 Å². The third kappa shape index (κ3) is 5.29. The Morgan fingerprint density at radius 1 is 1.24 bits per heavy atom. The SMILES string of the molecule is COc1nc2c(c(N3CCCn4nc(C(=O)N(C)OC)c(Cl)c4C3)n1)COC(c1c(F)c(N)cc(Cl)c1C(F)(F)F)C2. The number of nitrogens with two attached hydrogens (primary N) is 1. The van der Waals surface area contributed by atoms with Crippen molar-refractivity contribution in [2.24, 2.45) is 0 Å². The maximum Gasteiger partial charge on any atom is 0.418 e. The fraction of sp³-hybridized carbons (Fsp3) is 0.440. The Bertz CT molecular complexity index is 1550. The van der Waals surface area contributed by atoms with E-state index >= 15 is 4.39 Å². The zero-order chi connectivity index (χ0) is 30.5. The van der Waals surface area contributed by atoms with Crippen LogP contribution in [0.2, 0.25) is 10.0 Å². The van der Waals surface area contributed by atoms with Gasteiger partial charge in [0.15, 0.2) is 11.5 Å². The van der Waals surface area contributed by atoms with Crippen LogP contribution in [0.25, 0.3) is 0 Å². The Morgan fingerprint density at radius 2 is 1.98 bits per heavy atom. The second-order valence-corrected chi connectivity index (χ2v) is 10.4. The van der Waals surface area contributed by atoms with Gasteiger partial charge in [0.25, 0.3) is 5.91 Å². The minimum atomic E-state index is -4.97. The summed E-state index contributed by atoms with van der Waals surface area (Å²) in [6, 6.07) is 0.679. The second kappa shape index (κ2) is 11.4. The molecule has 0 saturated carbocycles. The van der Waals surface area contributed by atoms with Crippen LogP contribution in [0.5, 0.6) is 6.01 Å². The summed E-state index contributed by atoms with van der Waals surface area (Å²) in [7, 11) is 4.12. The molecule has 17 heteroatoms. The molecule has 226 valence electrons. The molecule has 0 bridgehead atoms. The van der Waals surface area contributed by atoms with Gasteiger partial charge in [0.05, 0.1) is 66.2 Å². The molecule has 1 amide bonds. The summed E-state index contributed by atoms with van der Waals surface area (Å²) >= 11 is 12.5. The molecule has 2 aromatic heterocycles. The number of aromatic nitrogens is 4. The number of alkyl halides is 3. The van der Waals surface area contributed by atoms with Crippen LogP contribution in [0.3, 0.4) is 0 Å². The zero-order valence-electron chi connectivity index (χ0n) is 22.6. The maximum atomic E-state index is 15.1. The van der Waals surface area contributed by atoms with Gasteiger partial charge in [-0.1, -0.05) is 23.2 Å². The lowest BCUT2D eigenvalue weighted by atomic mass is 9.93. The Kier molecular flexibility index (Phi) is 8.13. The number of ether oxygens (including phenoxy) is 2. The highest BCUT2D eigenvalue weighted by Crippen LogP contribution is 2.46. The molecular formula is C25H25Cl2F4N7O4. The molecule has 3 aromatic rings. The Morgan fingerprint density at radius 3 is 2.64 bits per heavy atom. The molecule has 0 radical (unpaired) electrons. The third-order valence-corrected chi connectivity index (χ3v) is 7.82. The van der Waals surface area contributed by atoms with Gasteiger partial charge in [0.1, 0.15) is 5.82 Å². The second-order valence-electron chi connectivity index (χ2n) is 9.60. The Balaban J connectivity index is 1.53. The highest BCUT2D eigenvalue weighted by molar-refractivity contribution is 6.34. The lowest BCUT2D eigenvalue weighted by Gasteiger charge is -2.31. The number of carbonyl (C=O) groups is 1. The first-order valence-corrected chi connectivity index (χ1v) is 13.3. The van der Waals surface area contributed by atoms with Crippen molar-refractivity contribution in [2.75, 3.05) is 38.4 Å². The van der Waals surface area contributed by atoms with Gasteiger partial charge in [-0.3, -0.25) is 14.3 Å².